The molecule has 19 nitrogen and oxygen atoms in total. The zero-order chi connectivity index (χ0) is 31.7. The molecule has 3 aliphatic heterocycles. The van der Waals surface area contributed by atoms with Crippen LogP contribution in [0.3, 0.4) is 0 Å². The van der Waals surface area contributed by atoms with Gasteiger partial charge in [-0.1, -0.05) is 0 Å². The highest BCUT2D eigenvalue weighted by Crippen LogP contribution is 2.35. The fourth-order valence-electron chi connectivity index (χ4n) is 5.97. The second-order valence-corrected chi connectivity index (χ2v) is 11.5. The van der Waals surface area contributed by atoms with Gasteiger partial charge < -0.3 is 93.0 Å². The summed E-state index contributed by atoms with van der Waals surface area (Å²) in [5.41, 5.74) is 23.5. The predicted molar refractivity (Wildman–Crippen MR) is 142 cm³/mol. The van der Waals surface area contributed by atoms with Crippen LogP contribution in [0.5, 0.6) is 0 Å². The molecule has 0 radical (unpaired) electrons. The molecule has 0 bridgehead atoms. The normalized spacial score (nSPS) is 49.6. The number of carbonyl (C=O) groups is 1. The third-order valence-electron chi connectivity index (χ3n) is 8.52. The average molecular weight is 627 g/mol. The summed E-state index contributed by atoms with van der Waals surface area (Å²) >= 11 is 0. The van der Waals surface area contributed by atoms with Crippen molar-refractivity contribution in [1.29, 1.82) is 0 Å². The molecule has 1 amide bonds. The Labute approximate surface area is 247 Å². The summed E-state index contributed by atoms with van der Waals surface area (Å²) in [5, 5.41) is 78.0. The third-order valence-corrected chi connectivity index (χ3v) is 8.52. The summed E-state index contributed by atoms with van der Waals surface area (Å²) in [7, 11) is 1.51. The maximum absolute atomic E-state index is 12.1. The van der Waals surface area contributed by atoms with Crippen LogP contribution in [0.15, 0.2) is 0 Å². The summed E-state index contributed by atoms with van der Waals surface area (Å²) < 4.78 is 29.4. The van der Waals surface area contributed by atoms with E-state index in [9.17, 15) is 40.5 Å². The first-order valence-electron chi connectivity index (χ1n) is 14.2. The van der Waals surface area contributed by atoms with Crippen LogP contribution in [0.1, 0.15) is 12.8 Å². The fourth-order valence-corrected chi connectivity index (χ4v) is 5.97. The molecule has 9 unspecified atom stereocenters. The smallest absolute Gasteiger partial charge is 0.250 e. The lowest BCUT2D eigenvalue weighted by atomic mass is 9.84. The summed E-state index contributed by atoms with van der Waals surface area (Å²) in [6.45, 7) is -1.09. The van der Waals surface area contributed by atoms with Crippen molar-refractivity contribution >= 4 is 5.91 Å². The first-order valence-corrected chi connectivity index (χ1v) is 14.2. The Morgan fingerprint density at radius 3 is 2.16 bits per heavy atom. The van der Waals surface area contributed by atoms with Gasteiger partial charge in [-0.15, -0.1) is 0 Å². The molecule has 4 fully saturated rings. The lowest BCUT2D eigenvalue weighted by Gasteiger charge is -2.51. The van der Waals surface area contributed by atoms with E-state index in [0.717, 1.165) is 0 Å². The van der Waals surface area contributed by atoms with Crippen molar-refractivity contribution in [1.82, 2.24) is 10.6 Å². The van der Waals surface area contributed by atoms with Crippen LogP contribution in [0.4, 0.5) is 0 Å². The first kappa shape index (κ1) is 34.7. The molecule has 1 aliphatic carbocycles. The molecule has 17 N–H and O–H groups in total. The van der Waals surface area contributed by atoms with E-state index in [1.807, 2.05) is 0 Å². The monoisotopic (exact) mass is 626 g/mol. The van der Waals surface area contributed by atoms with Gasteiger partial charge in [-0.25, -0.2) is 0 Å². The Morgan fingerprint density at radius 2 is 1.53 bits per heavy atom. The number of fused-ring (bicyclic) bond motifs is 1. The number of hydrogen-bond acceptors (Lipinski definition) is 18. The number of carbonyl (C=O) groups excluding carboxylic acids is 1. The van der Waals surface area contributed by atoms with E-state index < -0.39 is 129 Å². The number of nitrogens with one attached hydrogen (secondary N) is 2. The van der Waals surface area contributed by atoms with Crippen molar-refractivity contribution in [2.24, 2.45) is 22.9 Å². The molecule has 0 aromatic rings. The van der Waals surface area contributed by atoms with E-state index in [2.05, 4.69) is 10.6 Å². The Kier molecular flexibility index (Phi) is 11.7. The summed E-state index contributed by atoms with van der Waals surface area (Å²) in [6.07, 6.45) is -16.8. The molecule has 18 atom stereocenters. The van der Waals surface area contributed by atoms with E-state index in [1.54, 1.807) is 0 Å². The minimum atomic E-state index is -1.75. The molecular weight excluding hydrogens is 580 g/mol. The lowest BCUT2D eigenvalue weighted by Crippen LogP contribution is -2.70. The Balaban J connectivity index is 1.42. The molecule has 1 saturated carbocycles. The molecule has 0 spiro atoms. The van der Waals surface area contributed by atoms with Gasteiger partial charge in [0.1, 0.15) is 48.8 Å². The van der Waals surface area contributed by atoms with Crippen molar-refractivity contribution in [3.8, 4) is 0 Å². The summed E-state index contributed by atoms with van der Waals surface area (Å²) in [6, 6.07) is -4.55. The number of likely N-dealkylation sites (N-methyl/N-ethyl adjacent to an activating group) is 1. The molecule has 3 heterocycles. The van der Waals surface area contributed by atoms with Crippen LogP contribution < -0.4 is 33.6 Å². The highest BCUT2D eigenvalue weighted by atomic mass is 16.8. The van der Waals surface area contributed by atoms with E-state index in [0.29, 0.717) is 0 Å². The van der Waals surface area contributed by atoms with Crippen LogP contribution >= 0.6 is 0 Å². The van der Waals surface area contributed by atoms with Gasteiger partial charge in [0.2, 0.25) is 0 Å². The average Bonchev–Trinajstić information content (AvgIpc) is 2.97. The second-order valence-electron chi connectivity index (χ2n) is 11.5. The van der Waals surface area contributed by atoms with Gasteiger partial charge in [0.05, 0.1) is 36.9 Å². The van der Waals surface area contributed by atoms with E-state index in [1.165, 1.54) is 7.05 Å². The second kappa shape index (κ2) is 14.5. The number of aliphatic hydroxyl groups is 7. The zero-order valence-electron chi connectivity index (χ0n) is 23.6. The molecule has 4 rings (SSSR count). The third kappa shape index (κ3) is 7.13. The minimum absolute atomic E-state index is 0.0936. The van der Waals surface area contributed by atoms with Crippen LogP contribution in [-0.4, -0.2) is 172 Å². The lowest BCUT2D eigenvalue weighted by molar-refractivity contribution is -0.373. The van der Waals surface area contributed by atoms with Crippen molar-refractivity contribution in [3.05, 3.63) is 0 Å². The molecule has 4 aliphatic rings. The maximum Gasteiger partial charge on any atom is 0.250 e. The van der Waals surface area contributed by atoms with Crippen molar-refractivity contribution in [2.45, 2.75) is 123 Å². The van der Waals surface area contributed by atoms with Gasteiger partial charge in [-0.2, -0.15) is 0 Å². The Bertz CT molecular complexity index is 925. The van der Waals surface area contributed by atoms with Gasteiger partial charge in [0.25, 0.3) is 5.91 Å². The van der Waals surface area contributed by atoms with Gasteiger partial charge >= 0.3 is 0 Å². The minimum Gasteiger partial charge on any atom is -0.394 e. The maximum atomic E-state index is 12.1. The largest absolute Gasteiger partial charge is 0.394 e. The van der Waals surface area contributed by atoms with E-state index >= 15 is 0 Å². The van der Waals surface area contributed by atoms with Gasteiger partial charge in [-0.05, 0) is 19.9 Å². The van der Waals surface area contributed by atoms with E-state index in [-0.39, 0.29) is 12.8 Å². The Hall–Kier alpha value is -1.21. The summed E-state index contributed by atoms with van der Waals surface area (Å²) in [5.74, 6) is -0.934. The molecule has 250 valence electrons. The standard InChI is InChI=1S/C24H46N6O13/c1-29-13-16(35)20-10(3-8(28)22(42-20)41-19-7(27)2-6(26)14(33)17(19)36)39-23(13)43-24-18(37)15(34)12(11(5-31)40-24)30-21(38)9(32)4-25/h6-20,22-24,29,31-37H,2-5,25-28H2,1H3,(H,30,38)/t6-,7?,8?,9-,10+,11?,12-,13?,14?,15+,16?,17-,18?,19-,20?,22+,23?,24-/m1/s1. The number of aliphatic hydroxyl groups excluding tert-OH is 7. The molecule has 19 heteroatoms. The predicted octanol–water partition coefficient (Wildman–Crippen LogP) is -8.47. The number of amides is 1. The first-order chi connectivity index (χ1) is 20.3. The molecule has 3 saturated heterocycles. The van der Waals surface area contributed by atoms with Crippen molar-refractivity contribution in [2.75, 3.05) is 20.2 Å². The van der Waals surface area contributed by atoms with Crippen molar-refractivity contribution < 1.29 is 64.2 Å². The van der Waals surface area contributed by atoms with Gasteiger partial charge in [-0.3, -0.25) is 4.79 Å². The highest BCUT2D eigenvalue weighted by molar-refractivity contribution is 5.81. The van der Waals surface area contributed by atoms with Gasteiger partial charge in [0.15, 0.2) is 18.9 Å². The number of rotatable bonds is 9. The fraction of sp³-hybridized carbons (Fsp3) is 0.958. The zero-order valence-corrected chi connectivity index (χ0v) is 23.6. The number of hydrogen-bond donors (Lipinski definition) is 13. The number of ether oxygens (including phenoxy) is 5. The molecule has 0 aromatic carbocycles. The summed E-state index contributed by atoms with van der Waals surface area (Å²) in [4.78, 5) is 12.1. The SMILES string of the molecule is CNC1C(O[C@H]2OC(CO)[C@@H](NC(=O)[C@H](O)CN)[C@H](O)C2O)O[C@H]2CC(N)[C@@H](O[C@@H]3C(N)C[C@@H](N)C(O)[C@H]3O)OC2C1O. The highest BCUT2D eigenvalue weighted by Gasteiger charge is 2.54. The quantitative estimate of drug-likeness (QED) is 0.113. The van der Waals surface area contributed by atoms with Gasteiger partial charge in [0, 0.05) is 18.6 Å². The van der Waals surface area contributed by atoms with Crippen LogP contribution in [0, 0.1) is 0 Å². The van der Waals surface area contributed by atoms with Crippen LogP contribution in [0.25, 0.3) is 0 Å². The van der Waals surface area contributed by atoms with Crippen molar-refractivity contribution in [3.63, 3.8) is 0 Å². The van der Waals surface area contributed by atoms with E-state index in [4.69, 9.17) is 46.6 Å². The molecular formula is C24H46N6O13. The van der Waals surface area contributed by atoms with Crippen LogP contribution in [0.2, 0.25) is 0 Å². The molecule has 0 aromatic heterocycles. The Morgan fingerprint density at radius 1 is 0.837 bits per heavy atom. The molecule has 43 heavy (non-hydrogen) atoms. The number of nitrogens with two attached hydrogens (primary N) is 4. The van der Waals surface area contributed by atoms with Crippen LogP contribution in [-0.2, 0) is 28.5 Å². The topological polar surface area (TPSA) is 333 Å².